The van der Waals surface area contributed by atoms with Crippen molar-refractivity contribution >= 4 is 11.3 Å². The summed E-state index contributed by atoms with van der Waals surface area (Å²) in [6, 6.07) is 9.81. The maximum atomic E-state index is 6.35. The normalized spacial score (nSPS) is 17.1. The van der Waals surface area contributed by atoms with Gasteiger partial charge in [-0.25, -0.2) is 14.5 Å². The number of pyridine rings is 1. The highest BCUT2D eigenvalue weighted by atomic mass is 16.6. The minimum absolute atomic E-state index is 0.281. The molecule has 192 valence electrons. The number of methoxy groups -OCH3 is 3. The Labute approximate surface area is 214 Å². The van der Waals surface area contributed by atoms with E-state index in [-0.39, 0.29) is 12.2 Å². The van der Waals surface area contributed by atoms with Crippen LogP contribution in [0.15, 0.2) is 42.7 Å². The van der Waals surface area contributed by atoms with Crippen molar-refractivity contribution in [3.8, 4) is 23.1 Å². The maximum absolute atomic E-state index is 6.35. The van der Waals surface area contributed by atoms with Crippen LogP contribution < -0.4 is 23.8 Å². The standard InChI is InChI=1S/C27H29N5O5/c1-16-21(5-6-26(30-16)35-4)24-15-36-23-9-17(8-22(34-3)27(23)37-24)7-19-11-28-25-10-18(12-29-32(19)25)31-13-20(14-31)33-2/h5-6,8-12,20,24H,7,13-15H2,1-4H3. The summed E-state index contributed by atoms with van der Waals surface area (Å²) >= 11 is 0. The van der Waals surface area contributed by atoms with Crippen molar-refractivity contribution in [2.45, 2.75) is 25.6 Å². The van der Waals surface area contributed by atoms with Crippen LogP contribution in [-0.4, -0.2) is 66.7 Å². The van der Waals surface area contributed by atoms with Gasteiger partial charge in [-0.05, 0) is 30.7 Å². The first-order valence-electron chi connectivity index (χ1n) is 12.2. The fourth-order valence-corrected chi connectivity index (χ4v) is 4.82. The minimum atomic E-state index is -0.298. The van der Waals surface area contributed by atoms with Gasteiger partial charge in [0, 0.05) is 50.0 Å². The smallest absolute Gasteiger partial charge is 0.213 e. The summed E-state index contributed by atoms with van der Waals surface area (Å²) < 4.78 is 30.7. The summed E-state index contributed by atoms with van der Waals surface area (Å²) in [6.07, 6.45) is 4.34. The molecule has 0 amide bonds. The molecule has 0 bridgehead atoms. The highest BCUT2D eigenvalue weighted by Gasteiger charge is 2.29. The van der Waals surface area contributed by atoms with Crippen molar-refractivity contribution in [2.75, 3.05) is 45.9 Å². The van der Waals surface area contributed by atoms with E-state index < -0.39 is 0 Å². The fraction of sp³-hybridized carbons (Fsp3) is 0.370. The predicted octanol–water partition coefficient (Wildman–Crippen LogP) is 3.39. The van der Waals surface area contributed by atoms with Gasteiger partial charge in [0.2, 0.25) is 11.6 Å². The topological polar surface area (TPSA) is 92.5 Å². The van der Waals surface area contributed by atoms with Crippen molar-refractivity contribution in [3.63, 3.8) is 0 Å². The molecule has 0 N–H and O–H groups in total. The number of hydrogen-bond donors (Lipinski definition) is 0. The highest BCUT2D eigenvalue weighted by molar-refractivity contribution is 5.58. The quantitative estimate of drug-likeness (QED) is 0.376. The molecule has 10 nitrogen and oxygen atoms in total. The molecule has 3 aromatic heterocycles. The van der Waals surface area contributed by atoms with Crippen LogP contribution in [-0.2, 0) is 11.2 Å². The van der Waals surface area contributed by atoms with E-state index in [1.165, 1.54) is 0 Å². The van der Waals surface area contributed by atoms with E-state index in [0.717, 1.165) is 46.9 Å². The van der Waals surface area contributed by atoms with Crippen molar-refractivity contribution < 1.29 is 23.7 Å². The van der Waals surface area contributed by atoms with Gasteiger partial charge in [-0.15, -0.1) is 0 Å². The molecule has 1 fully saturated rings. The summed E-state index contributed by atoms with van der Waals surface area (Å²) in [5.74, 6) is 2.42. The number of benzene rings is 1. The van der Waals surface area contributed by atoms with Crippen LogP contribution in [0.2, 0.25) is 0 Å². The lowest BCUT2D eigenvalue weighted by atomic mass is 10.1. The third-order valence-electron chi connectivity index (χ3n) is 6.96. The lowest BCUT2D eigenvalue weighted by molar-refractivity contribution is 0.0787. The van der Waals surface area contributed by atoms with E-state index in [1.807, 2.05) is 48.1 Å². The zero-order valence-electron chi connectivity index (χ0n) is 21.3. The highest BCUT2D eigenvalue weighted by Crippen LogP contribution is 2.45. The van der Waals surface area contributed by atoms with Gasteiger partial charge < -0.3 is 28.6 Å². The second kappa shape index (κ2) is 9.44. The molecule has 2 aliphatic heterocycles. The van der Waals surface area contributed by atoms with Crippen molar-refractivity contribution in [1.82, 2.24) is 19.6 Å². The Bertz CT molecular complexity index is 1430. The average Bonchev–Trinajstić information content (AvgIpc) is 3.29. The van der Waals surface area contributed by atoms with Gasteiger partial charge >= 0.3 is 0 Å². The van der Waals surface area contributed by atoms with Gasteiger partial charge in [-0.3, -0.25) is 0 Å². The summed E-state index contributed by atoms with van der Waals surface area (Å²) in [6.45, 7) is 4.04. The number of hydrogen-bond acceptors (Lipinski definition) is 9. The first-order valence-corrected chi connectivity index (χ1v) is 12.2. The first kappa shape index (κ1) is 23.4. The summed E-state index contributed by atoms with van der Waals surface area (Å²) in [5, 5.41) is 4.65. The van der Waals surface area contributed by atoms with Crippen LogP contribution in [0.3, 0.4) is 0 Å². The Kier molecular flexibility index (Phi) is 5.96. The Balaban J connectivity index is 1.23. The molecule has 0 spiro atoms. The number of rotatable bonds is 7. The number of aryl methyl sites for hydroxylation is 1. The van der Waals surface area contributed by atoms with Crippen molar-refractivity contribution in [1.29, 1.82) is 0 Å². The van der Waals surface area contributed by atoms with Crippen LogP contribution in [0.4, 0.5) is 5.69 Å². The van der Waals surface area contributed by atoms with E-state index >= 15 is 0 Å². The number of anilines is 1. The van der Waals surface area contributed by atoms with Gasteiger partial charge in [0.25, 0.3) is 0 Å². The first-order chi connectivity index (χ1) is 18.1. The monoisotopic (exact) mass is 503 g/mol. The summed E-state index contributed by atoms with van der Waals surface area (Å²) in [4.78, 5) is 11.3. The Morgan fingerprint density at radius 1 is 1.05 bits per heavy atom. The van der Waals surface area contributed by atoms with Crippen LogP contribution >= 0.6 is 0 Å². The second-order valence-electron chi connectivity index (χ2n) is 9.24. The molecule has 1 saturated heterocycles. The number of aromatic nitrogens is 4. The zero-order valence-corrected chi connectivity index (χ0v) is 21.3. The molecular weight excluding hydrogens is 474 g/mol. The Morgan fingerprint density at radius 2 is 1.92 bits per heavy atom. The number of nitrogens with zero attached hydrogens (tertiary/aromatic N) is 5. The number of imidazole rings is 1. The SMILES string of the molecule is COc1ccc(C2COc3cc(Cc4cnc5cc(N6CC(OC)C6)cnn45)cc(OC)c3O2)c(C)n1. The van der Waals surface area contributed by atoms with E-state index in [0.29, 0.717) is 36.2 Å². The van der Waals surface area contributed by atoms with E-state index in [1.54, 1.807) is 21.3 Å². The van der Waals surface area contributed by atoms with E-state index in [9.17, 15) is 0 Å². The van der Waals surface area contributed by atoms with Crippen molar-refractivity contribution in [2.24, 2.45) is 0 Å². The van der Waals surface area contributed by atoms with Gasteiger partial charge in [0.15, 0.2) is 23.3 Å². The largest absolute Gasteiger partial charge is 0.493 e. The third-order valence-corrected chi connectivity index (χ3v) is 6.96. The molecule has 10 heteroatoms. The van der Waals surface area contributed by atoms with Crippen molar-refractivity contribution in [3.05, 3.63) is 65.2 Å². The molecule has 0 aliphatic carbocycles. The molecule has 1 aromatic carbocycles. The molecule has 1 atom stereocenters. The molecule has 37 heavy (non-hydrogen) atoms. The fourth-order valence-electron chi connectivity index (χ4n) is 4.82. The molecule has 0 saturated carbocycles. The number of fused-ring (bicyclic) bond motifs is 2. The lowest BCUT2D eigenvalue weighted by Crippen LogP contribution is -2.51. The zero-order chi connectivity index (χ0) is 25.5. The van der Waals surface area contributed by atoms with Gasteiger partial charge in [-0.2, -0.15) is 5.10 Å². The molecule has 4 aromatic rings. The summed E-state index contributed by atoms with van der Waals surface area (Å²) in [7, 11) is 4.98. The summed E-state index contributed by atoms with van der Waals surface area (Å²) in [5.41, 5.74) is 5.63. The second-order valence-corrected chi connectivity index (χ2v) is 9.24. The molecule has 2 aliphatic rings. The molecule has 1 unspecified atom stereocenters. The average molecular weight is 504 g/mol. The molecule has 0 radical (unpaired) electrons. The van der Waals surface area contributed by atoms with Crippen LogP contribution in [0.1, 0.15) is 28.6 Å². The van der Waals surface area contributed by atoms with Crippen LogP contribution in [0.5, 0.6) is 23.1 Å². The van der Waals surface area contributed by atoms with Gasteiger partial charge in [0.1, 0.15) is 6.61 Å². The molecular formula is C27H29N5O5. The Morgan fingerprint density at radius 3 is 2.68 bits per heavy atom. The lowest BCUT2D eigenvalue weighted by Gasteiger charge is -2.39. The van der Waals surface area contributed by atoms with Crippen LogP contribution in [0, 0.1) is 6.92 Å². The third kappa shape index (κ3) is 4.27. The predicted molar refractivity (Wildman–Crippen MR) is 136 cm³/mol. The van der Waals surface area contributed by atoms with Gasteiger partial charge in [0.05, 0.1) is 44.1 Å². The maximum Gasteiger partial charge on any atom is 0.213 e. The molecule has 6 rings (SSSR count). The number of ether oxygens (including phenoxy) is 5. The van der Waals surface area contributed by atoms with E-state index in [2.05, 4.69) is 26.0 Å². The minimum Gasteiger partial charge on any atom is -0.493 e. The van der Waals surface area contributed by atoms with Gasteiger partial charge in [-0.1, -0.05) is 0 Å². The van der Waals surface area contributed by atoms with Crippen LogP contribution in [0.25, 0.3) is 5.65 Å². The van der Waals surface area contributed by atoms with E-state index in [4.69, 9.17) is 23.7 Å². The Hall–Kier alpha value is -4.05. The molecule has 5 heterocycles.